The number of aliphatic hydroxyl groups is 1. The van der Waals surface area contributed by atoms with Gasteiger partial charge in [0.2, 0.25) is 0 Å². The minimum Gasteiger partial charge on any atom is -0.467 e. The number of benzene rings is 1. The first-order chi connectivity index (χ1) is 10.0. The lowest BCUT2D eigenvalue weighted by Crippen LogP contribution is -2.37. The van der Waals surface area contributed by atoms with Crippen molar-refractivity contribution in [2.75, 3.05) is 5.32 Å². The van der Waals surface area contributed by atoms with E-state index in [1.165, 1.54) is 6.26 Å². The number of rotatable bonds is 5. The fourth-order valence-electron chi connectivity index (χ4n) is 2.10. The van der Waals surface area contributed by atoms with E-state index in [2.05, 4.69) is 10.6 Å². The average molecular weight is 288 g/mol. The first-order valence-corrected chi connectivity index (χ1v) is 6.90. The Labute approximate surface area is 124 Å². The van der Waals surface area contributed by atoms with Gasteiger partial charge in [0, 0.05) is 18.2 Å². The van der Waals surface area contributed by atoms with Crippen LogP contribution in [0.4, 0.5) is 10.5 Å². The van der Waals surface area contributed by atoms with Crippen molar-refractivity contribution in [3.05, 3.63) is 54.0 Å². The number of anilines is 1. The van der Waals surface area contributed by atoms with Crippen LogP contribution in [0.25, 0.3) is 0 Å². The van der Waals surface area contributed by atoms with Crippen molar-refractivity contribution >= 4 is 11.7 Å². The van der Waals surface area contributed by atoms with Gasteiger partial charge in [0.25, 0.3) is 0 Å². The van der Waals surface area contributed by atoms with Crippen LogP contribution in [0.2, 0.25) is 0 Å². The smallest absolute Gasteiger partial charge is 0.319 e. The molecule has 0 radical (unpaired) electrons. The summed E-state index contributed by atoms with van der Waals surface area (Å²) in [5, 5.41) is 15.5. The largest absolute Gasteiger partial charge is 0.467 e. The number of urea groups is 1. The Kier molecular flexibility index (Phi) is 5.00. The number of amides is 2. The molecule has 2 aromatic rings. The Bertz CT molecular complexity index is 581. The van der Waals surface area contributed by atoms with Gasteiger partial charge >= 0.3 is 6.03 Å². The second kappa shape index (κ2) is 6.95. The molecule has 0 spiro atoms. The van der Waals surface area contributed by atoms with Gasteiger partial charge in [0.15, 0.2) is 0 Å². The molecule has 2 atom stereocenters. The first kappa shape index (κ1) is 15.1. The summed E-state index contributed by atoms with van der Waals surface area (Å²) >= 11 is 0. The second-order valence-corrected chi connectivity index (χ2v) is 5.14. The molecule has 1 aromatic carbocycles. The summed E-state index contributed by atoms with van der Waals surface area (Å²) in [6.07, 6.45) is 1.17. The van der Waals surface area contributed by atoms with Gasteiger partial charge in [0.1, 0.15) is 11.9 Å². The lowest BCUT2D eigenvalue weighted by Gasteiger charge is -2.17. The van der Waals surface area contributed by atoms with Gasteiger partial charge in [-0.05, 0) is 43.7 Å². The monoisotopic (exact) mass is 288 g/mol. The molecule has 2 rings (SSSR count). The molecule has 0 fully saturated rings. The Morgan fingerprint density at radius 3 is 2.81 bits per heavy atom. The van der Waals surface area contributed by atoms with E-state index in [0.29, 0.717) is 12.2 Å². The quantitative estimate of drug-likeness (QED) is 0.790. The van der Waals surface area contributed by atoms with Gasteiger partial charge in [-0.15, -0.1) is 0 Å². The Balaban J connectivity index is 1.82. The van der Waals surface area contributed by atoms with Gasteiger partial charge in [-0.25, -0.2) is 4.79 Å². The topological polar surface area (TPSA) is 74.5 Å². The van der Waals surface area contributed by atoms with Gasteiger partial charge in [0.05, 0.1) is 6.26 Å². The van der Waals surface area contributed by atoms with Crippen LogP contribution in [0.5, 0.6) is 0 Å². The summed E-state index contributed by atoms with van der Waals surface area (Å²) in [4.78, 5) is 11.9. The van der Waals surface area contributed by atoms with E-state index in [1.54, 1.807) is 12.1 Å². The molecule has 5 heteroatoms. The molecule has 0 aliphatic rings. The minimum atomic E-state index is -0.728. The van der Waals surface area contributed by atoms with Crippen LogP contribution in [-0.4, -0.2) is 17.2 Å². The molecule has 1 aromatic heterocycles. The van der Waals surface area contributed by atoms with Gasteiger partial charge in [-0.1, -0.05) is 12.1 Å². The van der Waals surface area contributed by atoms with E-state index in [-0.39, 0.29) is 12.1 Å². The summed E-state index contributed by atoms with van der Waals surface area (Å²) in [6, 6.07) is 10.5. The summed E-state index contributed by atoms with van der Waals surface area (Å²) < 4.78 is 5.13. The Morgan fingerprint density at radius 2 is 2.14 bits per heavy atom. The van der Waals surface area contributed by atoms with Crippen LogP contribution < -0.4 is 10.6 Å². The molecule has 0 aliphatic carbocycles. The summed E-state index contributed by atoms with van der Waals surface area (Å²) in [6.45, 7) is 3.80. The number of hydrogen-bond acceptors (Lipinski definition) is 3. The predicted molar refractivity (Wildman–Crippen MR) is 81.1 cm³/mol. The van der Waals surface area contributed by atoms with Crippen molar-refractivity contribution in [3.8, 4) is 0 Å². The number of aryl methyl sites for hydroxylation is 1. The number of carbonyl (C=O) groups excluding carboxylic acids is 1. The highest BCUT2D eigenvalue weighted by Crippen LogP contribution is 2.18. The van der Waals surface area contributed by atoms with Crippen molar-refractivity contribution < 1.29 is 14.3 Å². The molecule has 0 saturated carbocycles. The third kappa shape index (κ3) is 4.65. The molecule has 21 heavy (non-hydrogen) atoms. The molecule has 1 heterocycles. The maximum absolute atomic E-state index is 11.9. The molecule has 112 valence electrons. The number of carbonyl (C=O) groups is 1. The molecule has 0 aliphatic heterocycles. The Hall–Kier alpha value is -2.27. The van der Waals surface area contributed by atoms with E-state index in [0.717, 1.165) is 11.3 Å². The van der Waals surface area contributed by atoms with E-state index >= 15 is 0 Å². The molecular weight excluding hydrogens is 268 g/mol. The van der Waals surface area contributed by atoms with Crippen molar-refractivity contribution in [2.45, 2.75) is 32.4 Å². The third-order valence-electron chi connectivity index (χ3n) is 3.10. The molecule has 0 bridgehead atoms. The molecule has 2 unspecified atom stereocenters. The lowest BCUT2D eigenvalue weighted by molar-refractivity contribution is 0.130. The SMILES string of the molecule is Cc1cccc(NC(=O)NC(C)CC(O)c2ccco2)c1. The highest BCUT2D eigenvalue weighted by Gasteiger charge is 2.16. The van der Waals surface area contributed by atoms with Gasteiger partial charge < -0.3 is 20.2 Å². The maximum Gasteiger partial charge on any atom is 0.319 e. The van der Waals surface area contributed by atoms with Gasteiger partial charge in [-0.3, -0.25) is 0 Å². The second-order valence-electron chi connectivity index (χ2n) is 5.14. The van der Waals surface area contributed by atoms with E-state index in [9.17, 15) is 9.90 Å². The first-order valence-electron chi connectivity index (χ1n) is 6.90. The summed E-state index contributed by atoms with van der Waals surface area (Å²) in [5.41, 5.74) is 1.82. The summed E-state index contributed by atoms with van der Waals surface area (Å²) in [5.74, 6) is 0.503. The standard InChI is InChI=1S/C16H20N2O3/c1-11-5-3-6-13(9-11)18-16(20)17-12(2)10-14(19)15-7-4-8-21-15/h3-9,12,14,19H,10H2,1-2H3,(H2,17,18,20). The van der Waals surface area contributed by atoms with E-state index < -0.39 is 6.10 Å². The lowest BCUT2D eigenvalue weighted by atomic mass is 10.1. The molecule has 2 amide bonds. The van der Waals surface area contributed by atoms with Crippen LogP contribution in [0.1, 0.15) is 30.8 Å². The summed E-state index contributed by atoms with van der Waals surface area (Å²) in [7, 11) is 0. The predicted octanol–water partition coefficient (Wildman–Crippen LogP) is 3.22. The molecule has 5 nitrogen and oxygen atoms in total. The highest BCUT2D eigenvalue weighted by atomic mass is 16.4. The van der Waals surface area contributed by atoms with Gasteiger partial charge in [-0.2, -0.15) is 0 Å². The number of nitrogens with one attached hydrogen (secondary N) is 2. The van der Waals surface area contributed by atoms with Crippen molar-refractivity contribution in [1.82, 2.24) is 5.32 Å². The average Bonchev–Trinajstić information content (AvgIpc) is 2.91. The number of hydrogen-bond donors (Lipinski definition) is 3. The van der Waals surface area contributed by atoms with Crippen LogP contribution in [0.15, 0.2) is 47.1 Å². The molecule has 0 saturated heterocycles. The van der Waals surface area contributed by atoms with E-state index in [4.69, 9.17) is 4.42 Å². The third-order valence-corrected chi connectivity index (χ3v) is 3.10. The Morgan fingerprint density at radius 1 is 1.33 bits per heavy atom. The fraction of sp³-hybridized carbons (Fsp3) is 0.312. The van der Waals surface area contributed by atoms with Crippen molar-refractivity contribution in [1.29, 1.82) is 0 Å². The number of furan rings is 1. The fourth-order valence-corrected chi connectivity index (χ4v) is 2.10. The molecular formula is C16H20N2O3. The van der Waals surface area contributed by atoms with Crippen molar-refractivity contribution in [2.24, 2.45) is 0 Å². The maximum atomic E-state index is 11.9. The van der Waals surface area contributed by atoms with Crippen LogP contribution in [-0.2, 0) is 0 Å². The van der Waals surface area contributed by atoms with Crippen LogP contribution >= 0.6 is 0 Å². The van der Waals surface area contributed by atoms with Crippen LogP contribution in [0, 0.1) is 6.92 Å². The number of aliphatic hydroxyl groups excluding tert-OH is 1. The van der Waals surface area contributed by atoms with Crippen LogP contribution in [0.3, 0.4) is 0 Å². The van der Waals surface area contributed by atoms with E-state index in [1.807, 2.05) is 38.1 Å². The zero-order valence-corrected chi connectivity index (χ0v) is 12.2. The normalized spacial score (nSPS) is 13.5. The zero-order chi connectivity index (χ0) is 15.2. The molecule has 3 N–H and O–H groups in total. The van der Waals surface area contributed by atoms with Crippen molar-refractivity contribution in [3.63, 3.8) is 0 Å². The minimum absolute atomic E-state index is 0.185. The zero-order valence-electron chi connectivity index (χ0n) is 12.2. The highest BCUT2D eigenvalue weighted by molar-refractivity contribution is 5.89.